The smallest absolute Gasteiger partial charge is 0.242 e. The van der Waals surface area contributed by atoms with Crippen molar-refractivity contribution in [1.29, 1.82) is 0 Å². The number of primary amides is 1. The van der Waals surface area contributed by atoms with Gasteiger partial charge in [0.1, 0.15) is 5.54 Å². The van der Waals surface area contributed by atoms with E-state index in [1.54, 1.807) is 25.1 Å². The van der Waals surface area contributed by atoms with E-state index in [0.29, 0.717) is 11.6 Å². The van der Waals surface area contributed by atoms with Gasteiger partial charge in [-0.05, 0) is 31.5 Å². The zero-order valence-electron chi connectivity index (χ0n) is 10.1. The standard InChI is InChI=1S/C13H17ClN2O/c1-9(2)8-16-13(3,12(15)17)10-5-4-6-11(14)7-10/h4-7,16H,1,8H2,2-3H3,(H2,15,17)/t13-/m1/s1. The van der Waals surface area contributed by atoms with E-state index < -0.39 is 11.4 Å². The van der Waals surface area contributed by atoms with E-state index in [-0.39, 0.29) is 0 Å². The number of nitrogens with two attached hydrogens (primary N) is 1. The third kappa shape index (κ3) is 3.32. The highest BCUT2D eigenvalue weighted by atomic mass is 35.5. The lowest BCUT2D eigenvalue weighted by atomic mass is 9.91. The first kappa shape index (κ1) is 13.7. The molecule has 1 atom stereocenters. The number of rotatable bonds is 5. The molecule has 1 aromatic carbocycles. The average Bonchev–Trinajstić information content (AvgIpc) is 2.25. The van der Waals surface area contributed by atoms with Gasteiger partial charge in [-0.1, -0.05) is 35.9 Å². The number of hydrogen-bond donors (Lipinski definition) is 2. The molecule has 0 aliphatic rings. The summed E-state index contributed by atoms with van der Waals surface area (Å²) in [5, 5.41) is 3.68. The topological polar surface area (TPSA) is 55.1 Å². The van der Waals surface area contributed by atoms with Crippen LogP contribution in [0.4, 0.5) is 0 Å². The van der Waals surface area contributed by atoms with Crippen molar-refractivity contribution in [3.05, 3.63) is 47.0 Å². The van der Waals surface area contributed by atoms with Crippen LogP contribution in [0.3, 0.4) is 0 Å². The molecule has 92 valence electrons. The van der Waals surface area contributed by atoms with Crippen LogP contribution >= 0.6 is 11.6 Å². The predicted molar refractivity (Wildman–Crippen MR) is 70.8 cm³/mol. The fraction of sp³-hybridized carbons (Fsp3) is 0.308. The molecule has 3 nitrogen and oxygen atoms in total. The van der Waals surface area contributed by atoms with Crippen molar-refractivity contribution in [2.45, 2.75) is 19.4 Å². The summed E-state index contributed by atoms with van der Waals surface area (Å²) >= 11 is 5.92. The van der Waals surface area contributed by atoms with E-state index in [1.807, 2.05) is 13.0 Å². The van der Waals surface area contributed by atoms with Gasteiger partial charge in [-0.25, -0.2) is 0 Å². The van der Waals surface area contributed by atoms with E-state index in [1.165, 1.54) is 0 Å². The molecule has 0 aromatic heterocycles. The average molecular weight is 253 g/mol. The van der Waals surface area contributed by atoms with Crippen LogP contribution in [0.1, 0.15) is 19.4 Å². The van der Waals surface area contributed by atoms with Gasteiger partial charge in [0.25, 0.3) is 0 Å². The van der Waals surface area contributed by atoms with E-state index in [9.17, 15) is 4.79 Å². The summed E-state index contributed by atoms with van der Waals surface area (Å²) < 4.78 is 0. The zero-order valence-corrected chi connectivity index (χ0v) is 10.8. The number of carbonyl (C=O) groups is 1. The van der Waals surface area contributed by atoms with E-state index in [4.69, 9.17) is 17.3 Å². The van der Waals surface area contributed by atoms with E-state index in [0.717, 1.165) is 11.1 Å². The van der Waals surface area contributed by atoms with Gasteiger partial charge >= 0.3 is 0 Å². The van der Waals surface area contributed by atoms with Crippen molar-refractivity contribution in [2.75, 3.05) is 6.54 Å². The molecule has 1 aromatic rings. The van der Waals surface area contributed by atoms with Gasteiger partial charge in [0.05, 0.1) is 0 Å². The predicted octanol–water partition coefficient (Wildman–Crippen LogP) is 2.21. The summed E-state index contributed by atoms with van der Waals surface area (Å²) in [7, 11) is 0. The Morgan fingerprint density at radius 1 is 1.59 bits per heavy atom. The van der Waals surface area contributed by atoms with Crippen molar-refractivity contribution in [3.63, 3.8) is 0 Å². The SMILES string of the molecule is C=C(C)CN[C@@](C)(C(N)=O)c1cccc(Cl)c1. The molecule has 0 saturated heterocycles. The summed E-state index contributed by atoms with van der Waals surface area (Å²) in [6, 6.07) is 7.10. The molecular weight excluding hydrogens is 236 g/mol. The monoisotopic (exact) mass is 252 g/mol. The van der Waals surface area contributed by atoms with Crippen LogP contribution in [0.5, 0.6) is 0 Å². The van der Waals surface area contributed by atoms with Crippen molar-refractivity contribution >= 4 is 17.5 Å². The molecule has 1 amide bonds. The Morgan fingerprint density at radius 3 is 2.71 bits per heavy atom. The maximum absolute atomic E-state index is 11.6. The Hall–Kier alpha value is -1.32. The van der Waals surface area contributed by atoms with Gasteiger partial charge in [-0.15, -0.1) is 0 Å². The molecule has 0 aliphatic heterocycles. The van der Waals surface area contributed by atoms with E-state index in [2.05, 4.69) is 11.9 Å². The highest BCUT2D eigenvalue weighted by Gasteiger charge is 2.32. The second kappa shape index (κ2) is 5.34. The molecule has 0 radical (unpaired) electrons. The van der Waals surface area contributed by atoms with Crippen molar-refractivity contribution < 1.29 is 4.79 Å². The number of amides is 1. The van der Waals surface area contributed by atoms with Gasteiger partial charge < -0.3 is 5.73 Å². The Kier molecular flexibility index (Phi) is 4.32. The van der Waals surface area contributed by atoms with Crippen molar-refractivity contribution in [3.8, 4) is 0 Å². The number of carbonyl (C=O) groups excluding carboxylic acids is 1. The van der Waals surface area contributed by atoms with Crippen LogP contribution < -0.4 is 11.1 Å². The van der Waals surface area contributed by atoms with Crippen LogP contribution in [-0.4, -0.2) is 12.5 Å². The third-order valence-corrected chi connectivity index (χ3v) is 2.87. The van der Waals surface area contributed by atoms with Crippen LogP contribution in [0.15, 0.2) is 36.4 Å². The Labute approximate surface area is 107 Å². The molecule has 0 fully saturated rings. The molecule has 17 heavy (non-hydrogen) atoms. The first-order chi connectivity index (χ1) is 7.86. The Morgan fingerprint density at radius 2 is 2.24 bits per heavy atom. The minimum Gasteiger partial charge on any atom is -0.368 e. The minimum atomic E-state index is -0.941. The lowest BCUT2D eigenvalue weighted by Crippen LogP contribution is -2.50. The second-order valence-corrected chi connectivity index (χ2v) is 4.75. The fourth-order valence-electron chi connectivity index (χ4n) is 1.46. The Bertz CT molecular complexity index is 445. The van der Waals surface area contributed by atoms with Gasteiger partial charge in [0.2, 0.25) is 5.91 Å². The maximum atomic E-state index is 11.6. The van der Waals surface area contributed by atoms with Gasteiger partial charge in [-0.3, -0.25) is 10.1 Å². The van der Waals surface area contributed by atoms with Gasteiger partial charge in [0, 0.05) is 11.6 Å². The first-order valence-corrected chi connectivity index (χ1v) is 5.69. The molecule has 0 heterocycles. The molecule has 0 aliphatic carbocycles. The summed E-state index contributed by atoms with van der Waals surface area (Å²) in [4.78, 5) is 11.6. The molecule has 0 bridgehead atoms. The molecule has 0 unspecified atom stereocenters. The highest BCUT2D eigenvalue weighted by Crippen LogP contribution is 2.23. The number of nitrogens with one attached hydrogen (secondary N) is 1. The quantitative estimate of drug-likeness (QED) is 0.790. The minimum absolute atomic E-state index is 0.444. The lowest BCUT2D eigenvalue weighted by Gasteiger charge is -2.28. The van der Waals surface area contributed by atoms with Crippen LogP contribution in [0, 0.1) is 0 Å². The molecule has 1 rings (SSSR count). The summed E-state index contributed by atoms with van der Waals surface area (Å²) in [6.07, 6.45) is 0. The summed E-state index contributed by atoms with van der Waals surface area (Å²) in [5.74, 6) is -0.444. The number of hydrogen-bond acceptors (Lipinski definition) is 2. The Balaban J connectivity index is 3.07. The third-order valence-electron chi connectivity index (χ3n) is 2.64. The van der Waals surface area contributed by atoms with Gasteiger partial charge in [-0.2, -0.15) is 0 Å². The maximum Gasteiger partial charge on any atom is 0.242 e. The number of halogens is 1. The highest BCUT2D eigenvalue weighted by molar-refractivity contribution is 6.30. The summed E-state index contributed by atoms with van der Waals surface area (Å²) in [6.45, 7) is 7.93. The second-order valence-electron chi connectivity index (χ2n) is 4.31. The zero-order chi connectivity index (χ0) is 13.1. The molecule has 3 N–H and O–H groups in total. The van der Waals surface area contributed by atoms with Crippen molar-refractivity contribution in [2.24, 2.45) is 5.73 Å². The van der Waals surface area contributed by atoms with E-state index >= 15 is 0 Å². The summed E-state index contributed by atoms with van der Waals surface area (Å²) in [5.41, 5.74) is 6.20. The van der Waals surface area contributed by atoms with Crippen LogP contribution in [0.25, 0.3) is 0 Å². The normalized spacial score (nSPS) is 14.1. The number of benzene rings is 1. The fourth-order valence-corrected chi connectivity index (χ4v) is 1.65. The van der Waals surface area contributed by atoms with Crippen molar-refractivity contribution in [1.82, 2.24) is 5.32 Å². The molecule has 0 saturated carbocycles. The molecular formula is C13H17ClN2O. The molecule has 4 heteroatoms. The van der Waals surface area contributed by atoms with Crippen LogP contribution in [-0.2, 0) is 10.3 Å². The molecule has 0 spiro atoms. The van der Waals surface area contributed by atoms with Crippen LogP contribution in [0.2, 0.25) is 5.02 Å². The lowest BCUT2D eigenvalue weighted by molar-refractivity contribution is -0.124. The first-order valence-electron chi connectivity index (χ1n) is 5.31. The largest absolute Gasteiger partial charge is 0.368 e. The van der Waals surface area contributed by atoms with Gasteiger partial charge in [0.15, 0.2) is 0 Å².